The summed E-state index contributed by atoms with van der Waals surface area (Å²) in [5, 5.41) is 5.81. The van der Waals surface area contributed by atoms with Gasteiger partial charge in [-0.1, -0.05) is 37.3 Å². The van der Waals surface area contributed by atoms with Gasteiger partial charge >= 0.3 is 0 Å². The predicted molar refractivity (Wildman–Crippen MR) is 185 cm³/mol. The average Bonchev–Trinajstić information content (AvgIpc) is 3.31. The molecule has 3 atom stereocenters. The maximum absolute atomic E-state index is 15.1. The van der Waals surface area contributed by atoms with Crippen LogP contribution in [0.4, 0.5) is 4.39 Å². The van der Waals surface area contributed by atoms with Crippen LogP contribution in [0.3, 0.4) is 0 Å². The number of rotatable bonds is 7. The zero-order chi connectivity index (χ0) is 32.8. The number of fused-ring (bicyclic) bond motifs is 4. The van der Waals surface area contributed by atoms with Crippen LogP contribution in [0.2, 0.25) is 0 Å². The Kier molecular flexibility index (Phi) is 6.58. The van der Waals surface area contributed by atoms with Gasteiger partial charge in [-0.15, -0.1) is 0 Å². The first kappa shape index (κ1) is 29.2. The largest absolute Gasteiger partial charge is 0.494 e. The molecule has 3 aromatic carbocycles. The molecule has 4 heterocycles. The molecular formula is C39H39FN6O2. The molecule has 9 heteroatoms. The monoisotopic (exact) mass is 642 g/mol. The van der Waals surface area contributed by atoms with Crippen molar-refractivity contribution < 1.29 is 13.9 Å². The highest BCUT2D eigenvalue weighted by molar-refractivity contribution is 6.02. The first-order valence-corrected chi connectivity index (χ1v) is 17.1. The van der Waals surface area contributed by atoms with Gasteiger partial charge < -0.3 is 18.8 Å². The second-order valence-corrected chi connectivity index (χ2v) is 14.1. The molecule has 3 aromatic heterocycles. The van der Waals surface area contributed by atoms with Crippen LogP contribution in [-0.4, -0.2) is 54.4 Å². The summed E-state index contributed by atoms with van der Waals surface area (Å²) >= 11 is 0. The average molecular weight is 643 g/mol. The molecule has 3 fully saturated rings. The number of carbonyl (C=O) groups is 1. The Morgan fingerprint density at radius 1 is 0.958 bits per heavy atom. The lowest BCUT2D eigenvalue weighted by molar-refractivity contribution is 0.0696. The highest BCUT2D eigenvalue weighted by atomic mass is 19.1. The van der Waals surface area contributed by atoms with Gasteiger partial charge in [0.15, 0.2) is 5.82 Å². The van der Waals surface area contributed by atoms with Crippen molar-refractivity contribution in [2.75, 3.05) is 13.7 Å². The van der Waals surface area contributed by atoms with Gasteiger partial charge in [-0.2, -0.15) is 5.10 Å². The third-order valence-corrected chi connectivity index (χ3v) is 11.2. The standard InChI is InChI=1S/C39H39FN6O2/c1-22-25-14-15-32(22)46(20-25)39(47)26-16-31-37(34(18-26)48-4)44(3)38(41-31)33-17-24-8-7-10-27(36(24)45(33)19-23-12-13-23)29-21-43(2)42-35(29)28-9-5-6-11-30(28)40/h5-11,16-18,21-23,25,32H,12-15,19-20H2,1-4H3/t22-,25?,32?/m1/s1. The second kappa shape index (κ2) is 10.8. The van der Waals surface area contributed by atoms with Crippen LogP contribution in [0.25, 0.3) is 55.8 Å². The van der Waals surface area contributed by atoms with Gasteiger partial charge in [0.05, 0.1) is 23.8 Å². The van der Waals surface area contributed by atoms with E-state index in [0.29, 0.717) is 46.4 Å². The van der Waals surface area contributed by atoms with E-state index >= 15 is 4.39 Å². The lowest BCUT2D eigenvalue weighted by Crippen LogP contribution is -2.38. The Balaban J connectivity index is 1.21. The second-order valence-electron chi connectivity index (χ2n) is 14.1. The van der Waals surface area contributed by atoms with Crippen molar-refractivity contribution in [2.24, 2.45) is 31.8 Å². The molecule has 9 rings (SSSR count). The summed E-state index contributed by atoms with van der Waals surface area (Å²) in [4.78, 5) is 21.2. The highest BCUT2D eigenvalue weighted by Crippen LogP contribution is 2.45. The summed E-state index contributed by atoms with van der Waals surface area (Å²) < 4.78 is 27.3. The van der Waals surface area contributed by atoms with Crippen LogP contribution in [0.5, 0.6) is 5.75 Å². The molecule has 1 aliphatic heterocycles. The lowest BCUT2D eigenvalue weighted by Gasteiger charge is -2.27. The fourth-order valence-electron chi connectivity index (χ4n) is 8.54. The minimum atomic E-state index is -0.295. The van der Waals surface area contributed by atoms with Gasteiger partial charge in [0.1, 0.15) is 22.8 Å². The van der Waals surface area contributed by atoms with Crippen molar-refractivity contribution in [3.8, 4) is 39.7 Å². The quantitative estimate of drug-likeness (QED) is 0.179. The Bertz CT molecular complexity index is 2260. The molecule has 8 nitrogen and oxygen atoms in total. The Morgan fingerprint density at radius 2 is 1.77 bits per heavy atom. The summed E-state index contributed by atoms with van der Waals surface area (Å²) in [5.74, 6) is 2.95. The number of ether oxygens (including phenoxy) is 1. The number of benzene rings is 3. The summed E-state index contributed by atoms with van der Waals surface area (Å²) in [7, 11) is 5.56. The number of halogens is 1. The van der Waals surface area contributed by atoms with E-state index in [9.17, 15) is 4.79 Å². The van der Waals surface area contributed by atoms with Gasteiger partial charge in [0, 0.05) is 67.1 Å². The topological polar surface area (TPSA) is 70.1 Å². The molecule has 2 aliphatic carbocycles. The summed E-state index contributed by atoms with van der Waals surface area (Å²) in [6.07, 6.45) is 6.65. The van der Waals surface area contributed by atoms with Crippen LogP contribution in [0, 0.1) is 23.6 Å². The number of nitrogens with zero attached hydrogens (tertiary/aromatic N) is 6. The lowest BCUT2D eigenvalue weighted by atomic mass is 9.99. The summed E-state index contributed by atoms with van der Waals surface area (Å²) in [6, 6.07) is 19.5. The fraction of sp³-hybridized carbons (Fsp3) is 0.359. The van der Waals surface area contributed by atoms with Crippen molar-refractivity contribution in [1.82, 2.24) is 28.8 Å². The number of amides is 1. The van der Waals surface area contributed by atoms with Crippen molar-refractivity contribution in [2.45, 2.75) is 45.2 Å². The number of para-hydroxylation sites is 1. The smallest absolute Gasteiger partial charge is 0.254 e. The van der Waals surface area contributed by atoms with Crippen molar-refractivity contribution >= 4 is 27.8 Å². The normalized spacial score (nSPS) is 20.4. The molecular weight excluding hydrogens is 603 g/mol. The molecule has 3 aliphatic rings. The number of hydrogen-bond acceptors (Lipinski definition) is 4. The minimum Gasteiger partial charge on any atom is -0.494 e. The van der Waals surface area contributed by atoms with Crippen LogP contribution in [0.1, 0.15) is 43.0 Å². The Morgan fingerprint density at radius 3 is 2.50 bits per heavy atom. The van der Waals surface area contributed by atoms with Crippen molar-refractivity contribution in [3.63, 3.8) is 0 Å². The van der Waals surface area contributed by atoms with Gasteiger partial charge in [-0.05, 0) is 73.8 Å². The van der Waals surface area contributed by atoms with E-state index in [1.54, 1.807) is 23.9 Å². The van der Waals surface area contributed by atoms with Crippen molar-refractivity contribution in [1.29, 1.82) is 0 Å². The van der Waals surface area contributed by atoms with Crippen LogP contribution >= 0.6 is 0 Å². The maximum Gasteiger partial charge on any atom is 0.254 e. The third kappa shape index (κ3) is 4.43. The van der Waals surface area contributed by atoms with E-state index in [-0.39, 0.29) is 11.7 Å². The van der Waals surface area contributed by atoms with Crippen LogP contribution in [-0.2, 0) is 20.6 Å². The predicted octanol–water partition coefficient (Wildman–Crippen LogP) is 7.69. The molecule has 6 aromatic rings. The van der Waals surface area contributed by atoms with E-state index < -0.39 is 0 Å². The molecule has 2 saturated carbocycles. The number of methoxy groups -OCH3 is 1. The van der Waals surface area contributed by atoms with Gasteiger partial charge in [0.25, 0.3) is 5.91 Å². The van der Waals surface area contributed by atoms with Crippen LogP contribution < -0.4 is 4.74 Å². The SMILES string of the molecule is COc1cc(C(=O)N2CC3CCC2[C@@H]3C)cc2nc(-c3cc4cccc(-c5cn(C)nc5-c5ccccc5F)c4n3CC3CC3)n(C)c12. The van der Waals surface area contributed by atoms with Crippen LogP contribution in [0.15, 0.2) is 66.9 Å². The van der Waals surface area contributed by atoms with E-state index in [0.717, 1.165) is 64.1 Å². The third-order valence-electron chi connectivity index (χ3n) is 11.2. The molecule has 1 saturated heterocycles. The van der Waals surface area contributed by atoms with E-state index in [2.05, 4.69) is 45.2 Å². The Hall–Kier alpha value is -4.92. The zero-order valence-corrected chi connectivity index (χ0v) is 27.8. The Labute approximate surface area is 278 Å². The van der Waals surface area contributed by atoms with Gasteiger partial charge in [0.2, 0.25) is 0 Å². The number of aryl methyl sites for hydroxylation is 2. The first-order chi connectivity index (χ1) is 23.3. The highest BCUT2D eigenvalue weighted by Gasteiger charge is 2.46. The van der Waals surface area contributed by atoms with E-state index in [4.69, 9.17) is 14.8 Å². The molecule has 2 unspecified atom stereocenters. The first-order valence-electron chi connectivity index (χ1n) is 17.1. The zero-order valence-electron chi connectivity index (χ0n) is 27.8. The summed E-state index contributed by atoms with van der Waals surface area (Å²) in [5.41, 5.74) is 7.30. The minimum absolute atomic E-state index is 0.0658. The van der Waals surface area contributed by atoms with E-state index in [1.165, 1.54) is 25.3 Å². The molecule has 0 N–H and O–H groups in total. The summed E-state index contributed by atoms with van der Waals surface area (Å²) in [6.45, 7) is 3.97. The number of aromatic nitrogens is 5. The number of carbonyl (C=O) groups excluding carboxylic acids is 1. The van der Waals surface area contributed by atoms with Gasteiger partial charge in [-0.25, -0.2) is 9.37 Å². The fourth-order valence-corrected chi connectivity index (χ4v) is 8.54. The number of hydrogen-bond donors (Lipinski definition) is 0. The van der Waals surface area contributed by atoms with Crippen molar-refractivity contribution in [3.05, 3.63) is 78.2 Å². The molecule has 0 radical (unpaired) electrons. The van der Waals surface area contributed by atoms with E-state index in [1.807, 2.05) is 38.5 Å². The molecule has 1 amide bonds. The molecule has 0 spiro atoms. The number of piperidine rings is 1. The molecule has 2 bridgehead atoms. The molecule has 244 valence electrons. The van der Waals surface area contributed by atoms with Gasteiger partial charge in [-0.3, -0.25) is 9.48 Å². The number of imidazole rings is 1. The number of likely N-dealkylation sites (tertiary alicyclic amines) is 1. The maximum atomic E-state index is 15.1. The molecule has 48 heavy (non-hydrogen) atoms.